The predicted molar refractivity (Wildman–Crippen MR) is 70.1 cm³/mol. The summed E-state index contributed by atoms with van der Waals surface area (Å²) in [5.41, 5.74) is 0.105. The van der Waals surface area contributed by atoms with Crippen LogP contribution in [0.3, 0.4) is 0 Å². The first-order chi connectivity index (χ1) is 8.77. The van der Waals surface area contributed by atoms with E-state index in [0.717, 1.165) is 19.8 Å². The Hall–Kier alpha value is -1.06. The second-order valence-corrected chi connectivity index (χ2v) is 5.50. The second kappa shape index (κ2) is 6.40. The van der Waals surface area contributed by atoms with E-state index in [1.54, 1.807) is 0 Å². The lowest BCUT2D eigenvalue weighted by Gasteiger charge is -2.29. The van der Waals surface area contributed by atoms with Crippen molar-refractivity contribution in [3.63, 3.8) is 0 Å². The van der Waals surface area contributed by atoms with Gasteiger partial charge in [-0.2, -0.15) is 0 Å². The second-order valence-electron chi connectivity index (χ2n) is 5.50. The summed E-state index contributed by atoms with van der Waals surface area (Å²) >= 11 is 0. The maximum atomic E-state index is 13.7. The number of hydrogen-bond donors (Lipinski definition) is 0. The molecule has 0 amide bonds. The standard InChI is InChI=1S/C15H22F2O2/c1-4-5-6-11-9-14(19)12(10(2)18)7-8-13(11)15(3,16)17/h7,11,13H,4-6,8-9H2,1-3H3. The molecule has 19 heavy (non-hydrogen) atoms. The van der Waals surface area contributed by atoms with Crippen molar-refractivity contribution >= 4 is 11.6 Å². The minimum Gasteiger partial charge on any atom is -0.294 e. The first kappa shape index (κ1) is 16.0. The molecule has 2 atom stereocenters. The number of rotatable bonds is 5. The predicted octanol–water partition coefficient (Wildman–Crippen LogP) is 3.94. The lowest BCUT2D eigenvalue weighted by atomic mass is 9.80. The molecule has 0 bridgehead atoms. The first-order valence-electron chi connectivity index (χ1n) is 6.89. The molecule has 108 valence electrons. The molecule has 4 heteroatoms. The number of alkyl halides is 2. The van der Waals surface area contributed by atoms with Crippen molar-refractivity contribution in [2.75, 3.05) is 0 Å². The third-order valence-electron chi connectivity index (χ3n) is 3.85. The fraction of sp³-hybridized carbons (Fsp3) is 0.733. The Labute approximate surface area is 113 Å². The van der Waals surface area contributed by atoms with Gasteiger partial charge in [0.15, 0.2) is 11.6 Å². The Kier molecular flexibility index (Phi) is 5.39. The number of unbranched alkanes of at least 4 members (excludes halogenated alkanes) is 1. The molecule has 0 N–H and O–H groups in total. The molecule has 0 saturated heterocycles. The summed E-state index contributed by atoms with van der Waals surface area (Å²) in [5.74, 6) is -4.60. The van der Waals surface area contributed by atoms with Crippen molar-refractivity contribution in [1.29, 1.82) is 0 Å². The summed E-state index contributed by atoms with van der Waals surface area (Å²) in [6, 6.07) is 0. The van der Waals surface area contributed by atoms with Gasteiger partial charge in [0.05, 0.1) is 5.57 Å². The van der Waals surface area contributed by atoms with E-state index in [0.29, 0.717) is 6.42 Å². The first-order valence-corrected chi connectivity index (χ1v) is 6.89. The number of Topliss-reactive ketones (excluding diaryl/α,β-unsaturated/α-hetero) is 2. The van der Waals surface area contributed by atoms with E-state index < -0.39 is 11.8 Å². The van der Waals surface area contributed by atoms with E-state index in [2.05, 4.69) is 0 Å². The smallest absolute Gasteiger partial charge is 0.248 e. The van der Waals surface area contributed by atoms with E-state index in [4.69, 9.17) is 0 Å². The fourth-order valence-electron chi connectivity index (χ4n) is 2.77. The Balaban J connectivity index is 2.97. The van der Waals surface area contributed by atoms with Crippen LogP contribution in [-0.4, -0.2) is 17.5 Å². The Morgan fingerprint density at radius 2 is 2.11 bits per heavy atom. The molecule has 0 aromatic rings. The van der Waals surface area contributed by atoms with Gasteiger partial charge >= 0.3 is 0 Å². The molecule has 1 rings (SSSR count). The van der Waals surface area contributed by atoms with Crippen LogP contribution in [0.25, 0.3) is 0 Å². The normalized spacial score (nSPS) is 24.9. The number of hydrogen-bond acceptors (Lipinski definition) is 2. The maximum Gasteiger partial charge on any atom is 0.248 e. The highest BCUT2D eigenvalue weighted by Crippen LogP contribution is 2.40. The van der Waals surface area contributed by atoms with Crippen molar-refractivity contribution < 1.29 is 18.4 Å². The summed E-state index contributed by atoms with van der Waals surface area (Å²) < 4.78 is 27.4. The molecule has 2 nitrogen and oxygen atoms in total. The van der Waals surface area contributed by atoms with Crippen molar-refractivity contribution in [2.24, 2.45) is 11.8 Å². The molecule has 0 aliphatic heterocycles. The van der Waals surface area contributed by atoms with Crippen LogP contribution in [0.15, 0.2) is 11.6 Å². The van der Waals surface area contributed by atoms with Gasteiger partial charge in [0, 0.05) is 12.3 Å². The average molecular weight is 272 g/mol. The molecule has 0 fully saturated rings. The van der Waals surface area contributed by atoms with Gasteiger partial charge in [-0.1, -0.05) is 25.8 Å². The highest BCUT2D eigenvalue weighted by atomic mass is 19.3. The summed E-state index contributed by atoms with van der Waals surface area (Å²) in [7, 11) is 0. The van der Waals surface area contributed by atoms with Crippen molar-refractivity contribution in [3.05, 3.63) is 11.6 Å². The van der Waals surface area contributed by atoms with Crippen LogP contribution in [0.2, 0.25) is 0 Å². The van der Waals surface area contributed by atoms with E-state index in [1.807, 2.05) is 6.92 Å². The number of carbonyl (C=O) groups excluding carboxylic acids is 2. The topological polar surface area (TPSA) is 34.1 Å². The van der Waals surface area contributed by atoms with Gasteiger partial charge in [-0.25, -0.2) is 8.78 Å². The number of ketones is 2. The van der Waals surface area contributed by atoms with Gasteiger partial charge in [-0.15, -0.1) is 0 Å². The van der Waals surface area contributed by atoms with Crippen LogP contribution in [0.1, 0.15) is 52.9 Å². The Bertz CT molecular complexity index is 380. The lowest BCUT2D eigenvalue weighted by Crippen LogP contribution is -2.31. The van der Waals surface area contributed by atoms with Crippen molar-refractivity contribution in [2.45, 2.75) is 58.8 Å². The summed E-state index contributed by atoms with van der Waals surface area (Å²) in [5, 5.41) is 0. The molecule has 0 aromatic heterocycles. The number of carbonyl (C=O) groups is 2. The molecule has 2 unspecified atom stereocenters. The third kappa shape index (κ3) is 4.22. The molecule has 1 aliphatic carbocycles. The Morgan fingerprint density at radius 1 is 1.47 bits per heavy atom. The average Bonchev–Trinajstić information content (AvgIpc) is 2.44. The molecule has 0 spiro atoms. The van der Waals surface area contributed by atoms with Gasteiger partial charge in [-0.05, 0) is 32.6 Å². The molecular formula is C15H22F2O2. The summed E-state index contributed by atoms with van der Waals surface area (Å²) in [6.07, 6.45) is 3.96. The zero-order valence-corrected chi connectivity index (χ0v) is 11.8. The quantitative estimate of drug-likeness (QED) is 0.710. The van der Waals surface area contributed by atoms with Gasteiger partial charge in [0.2, 0.25) is 5.92 Å². The molecule has 0 radical (unpaired) electrons. The van der Waals surface area contributed by atoms with Crippen LogP contribution in [-0.2, 0) is 9.59 Å². The van der Waals surface area contributed by atoms with Crippen LogP contribution in [0.5, 0.6) is 0 Å². The summed E-state index contributed by atoms with van der Waals surface area (Å²) in [4.78, 5) is 23.3. The Morgan fingerprint density at radius 3 is 2.58 bits per heavy atom. The van der Waals surface area contributed by atoms with Crippen LogP contribution < -0.4 is 0 Å². The monoisotopic (exact) mass is 272 g/mol. The molecular weight excluding hydrogens is 250 g/mol. The SMILES string of the molecule is CCCCC1CC(=O)C(C(C)=O)=CCC1C(C)(F)F. The van der Waals surface area contributed by atoms with Gasteiger partial charge in [0.25, 0.3) is 0 Å². The van der Waals surface area contributed by atoms with Gasteiger partial charge < -0.3 is 0 Å². The molecule has 0 heterocycles. The van der Waals surface area contributed by atoms with Gasteiger partial charge in [-0.3, -0.25) is 9.59 Å². The lowest BCUT2D eigenvalue weighted by molar-refractivity contribution is -0.121. The van der Waals surface area contributed by atoms with Crippen LogP contribution in [0.4, 0.5) is 8.78 Å². The molecule has 0 aromatic carbocycles. The number of halogens is 2. The zero-order chi connectivity index (χ0) is 14.6. The fourth-order valence-corrected chi connectivity index (χ4v) is 2.77. The van der Waals surface area contributed by atoms with Crippen molar-refractivity contribution in [1.82, 2.24) is 0 Å². The van der Waals surface area contributed by atoms with Gasteiger partial charge in [0.1, 0.15) is 0 Å². The maximum absolute atomic E-state index is 13.7. The summed E-state index contributed by atoms with van der Waals surface area (Å²) in [6.45, 7) is 4.22. The molecule has 0 saturated carbocycles. The number of allylic oxidation sites excluding steroid dienone is 2. The van der Waals surface area contributed by atoms with E-state index in [-0.39, 0.29) is 35.9 Å². The zero-order valence-electron chi connectivity index (χ0n) is 11.8. The molecule has 1 aliphatic rings. The van der Waals surface area contributed by atoms with E-state index >= 15 is 0 Å². The highest BCUT2D eigenvalue weighted by Gasteiger charge is 2.41. The minimum atomic E-state index is -2.82. The third-order valence-corrected chi connectivity index (χ3v) is 3.85. The van der Waals surface area contributed by atoms with E-state index in [9.17, 15) is 18.4 Å². The van der Waals surface area contributed by atoms with E-state index in [1.165, 1.54) is 13.0 Å². The largest absolute Gasteiger partial charge is 0.294 e. The minimum absolute atomic E-state index is 0.0690. The van der Waals surface area contributed by atoms with Crippen molar-refractivity contribution in [3.8, 4) is 0 Å². The van der Waals surface area contributed by atoms with Crippen LogP contribution in [0, 0.1) is 11.8 Å². The van der Waals surface area contributed by atoms with Crippen LogP contribution >= 0.6 is 0 Å². The highest BCUT2D eigenvalue weighted by molar-refractivity contribution is 6.19.